The van der Waals surface area contributed by atoms with Crippen LogP contribution in [-0.2, 0) is 0 Å². The maximum Gasteiger partial charge on any atom is 0.0155 e. The fourth-order valence-corrected chi connectivity index (χ4v) is 2.92. The lowest BCUT2D eigenvalue weighted by atomic mass is 9.97. The molecule has 0 radical (unpaired) electrons. The second kappa shape index (κ2) is 3.49. The van der Waals surface area contributed by atoms with Gasteiger partial charge in [-0.2, -0.15) is 0 Å². The molecular formula is C12H24N2. The zero-order valence-corrected chi connectivity index (χ0v) is 10.0. The number of hydrogen-bond acceptors (Lipinski definition) is 2. The lowest BCUT2D eigenvalue weighted by Crippen LogP contribution is -2.48. The molecular weight excluding hydrogens is 172 g/mol. The van der Waals surface area contributed by atoms with Crippen LogP contribution in [0.2, 0.25) is 0 Å². The number of piperidine rings is 1. The van der Waals surface area contributed by atoms with E-state index in [0.29, 0.717) is 5.41 Å². The van der Waals surface area contributed by atoms with Gasteiger partial charge in [0.05, 0.1) is 0 Å². The third-order valence-corrected chi connectivity index (χ3v) is 4.20. The van der Waals surface area contributed by atoms with Gasteiger partial charge in [-0.15, -0.1) is 0 Å². The SMILES string of the molecule is CNC1CCN(C2CC2(C)C)C(C)C1. The van der Waals surface area contributed by atoms with Crippen molar-refractivity contribution >= 4 is 0 Å². The molecule has 2 nitrogen and oxygen atoms in total. The first-order chi connectivity index (χ1) is 6.54. The van der Waals surface area contributed by atoms with Crippen LogP contribution in [0, 0.1) is 5.41 Å². The summed E-state index contributed by atoms with van der Waals surface area (Å²) in [5.41, 5.74) is 0.598. The molecule has 0 aromatic heterocycles. The van der Waals surface area contributed by atoms with E-state index in [2.05, 4.69) is 38.0 Å². The van der Waals surface area contributed by atoms with Crippen molar-refractivity contribution in [2.75, 3.05) is 13.6 Å². The highest BCUT2D eigenvalue weighted by Crippen LogP contribution is 2.50. The second-order valence-electron chi connectivity index (χ2n) is 5.81. The van der Waals surface area contributed by atoms with Gasteiger partial charge in [0.25, 0.3) is 0 Å². The summed E-state index contributed by atoms with van der Waals surface area (Å²) in [6.45, 7) is 8.47. The van der Waals surface area contributed by atoms with Crippen molar-refractivity contribution < 1.29 is 0 Å². The van der Waals surface area contributed by atoms with Crippen LogP contribution < -0.4 is 5.32 Å². The van der Waals surface area contributed by atoms with Crippen LogP contribution in [0.15, 0.2) is 0 Å². The highest BCUT2D eigenvalue weighted by atomic mass is 15.2. The Hall–Kier alpha value is -0.0800. The van der Waals surface area contributed by atoms with Crippen LogP contribution in [0.1, 0.15) is 40.0 Å². The number of rotatable bonds is 2. The zero-order chi connectivity index (χ0) is 10.3. The Morgan fingerprint density at radius 3 is 2.43 bits per heavy atom. The van der Waals surface area contributed by atoms with E-state index in [1.54, 1.807) is 0 Å². The molecule has 3 unspecified atom stereocenters. The minimum absolute atomic E-state index is 0.598. The summed E-state index contributed by atoms with van der Waals surface area (Å²) in [6.07, 6.45) is 4.05. The molecule has 0 aromatic carbocycles. The lowest BCUT2D eigenvalue weighted by Gasteiger charge is -2.38. The van der Waals surface area contributed by atoms with Gasteiger partial charge in [0, 0.05) is 24.7 Å². The van der Waals surface area contributed by atoms with Crippen molar-refractivity contribution in [1.82, 2.24) is 10.2 Å². The molecule has 2 fully saturated rings. The molecule has 2 aliphatic rings. The summed E-state index contributed by atoms with van der Waals surface area (Å²) in [5, 5.41) is 3.41. The summed E-state index contributed by atoms with van der Waals surface area (Å²) < 4.78 is 0. The Kier molecular flexibility index (Phi) is 2.61. The van der Waals surface area contributed by atoms with E-state index in [1.807, 2.05) is 0 Å². The van der Waals surface area contributed by atoms with E-state index in [9.17, 15) is 0 Å². The van der Waals surface area contributed by atoms with Gasteiger partial charge in [-0.1, -0.05) is 13.8 Å². The molecule has 3 atom stereocenters. The van der Waals surface area contributed by atoms with Crippen molar-refractivity contribution in [2.45, 2.75) is 58.2 Å². The number of hydrogen-bond donors (Lipinski definition) is 1. The Bertz CT molecular complexity index is 212. The average molecular weight is 196 g/mol. The predicted octanol–water partition coefficient (Wildman–Crippen LogP) is 1.86. The molecule has 1 aliphatic carbocycles. The van der Waals surface area contributed by atoms with Gasteiger partial charge in [-0.05, 0) is 38.6 Å². The molecule has 2 rings (SSSR count). The number of nitrogens with one attached hydrogen (secondary N) is 1. The number of likely N-dealkylation sites (tertiary alicyclic amines) is 1. The first-order valence-electron chi connectivity index (χ1n) is 5.97. The maximum atomic E-state index is 3.41. The second-order valence-corrected chi connectivity index (χ2v) is 5.81. The van der Waals surface area contributed by atoms with Crippen LogP contribution in [-0.4, -0.2) is 36.6 Å². The fourth-order valence-electron chi connectivity index (χ4n) is 2.92. The molecule has 0 bridgehead atoms. The van der Waals surface area contributed by atoms with Crippen molar-refractivity contribution in [3.8, 4) is 0 Å². The van der Waals surface area contributed by atoms with Crippen LogP contribution in [0.25, 0.3) is 0 Å². The van der Waals surface area contributed by atoms with Crippen molar-refractivity contribution in [3.05, 3.63) is 0 Å². The third-order valence-electron chi connectivity index (χ3n) is 4.20. The molecule has 82 valence electrons. The van der Waals surface area contributed by atoms with Crippen molar-refractivity contribution in [2.24, 2.45) is 5.41 Å². The maximum absolute atomic E-state index is 3.41. The Morgan fingerprint density at radius 1 is 1.36 bits per heavy atom. The zero-order valence-electron chi connectivity index (χ0n) is 10.0. The van der Waals surface area contributed by atoms with E-state index in [1.165, 1.54) is 25.8 Å². The molecule has 14 heavy (non-hydrogen) atoms. The van der Waals surface area contributed by atoms with Gasteiger partial charge in [0.2, 0.25) is 0 Å². The van der Waals surface area contributed by atoms with E-state index in [0.717, 1.165) is 18.1 Å². The summed E-state index contributed by atoms with van der Waals surface area (Å²) in [5.74, 6) is 0. The van der Waals surface area contributed by atoms with Gasteiger partial charge < -0.3 is 5.32 Å². The van der Waals surface area contributed by atoms with Crippen LogP contribution >= 0.6 is 0 Å². The van der Waals surface area contributed by atoms with Crippen LogP contribution in [0.4, 0.5) is 0 Å². The molecule has 0 aromatic rings. The van der Waals surface area contributed by atoms with E-state index >= 15 is 0 Å². The van der Waals surface area contributed by atoms with Gasteiger partial charge in [-0.25, -0.2) is 0 Å². The topological polar surface area (TPSA) is 15.3 Å². The molecule has 0 spiro atoms. The van der Waals surface area contributed by atoms with E-state index in [-0.39, 0.29) is 0 Å². The van der Waals surface area contributed by atoms with Crippen molar-refractivity contribution in [1.29, 1.82) is 0 Å². The average Bonchev–Trinajstić information content (AvgIpc) is 2.74. The molecule has 2 heteroatoms. The molecule has 1 aliphatic heterocycles. The standard InChI is InChI=1S/C12H24N2/c1-9-7-10(13-4)5-6-14(9)11-8-12(11,2)3/h9-11,13H,5-8H2,1-4H3. The highest BCUT2D eigenvalue weighted by Gasteiger charge is 2.51. The number of nitrogens with zero attached hydrogens (tertiary/aromatic N) is 1. The molecule has 0 amide bonds. The Labute approximate surface area is 88.1 Å². The lowest BCUT2D eigenvalue weighted by molar-refractivity contribution is 0.116. The van der Waals surface area contributed by atoms with Crippen LogP contribution in [0.5, 0.6) is 0 Å². The normalized spacial score (nSPS) is 42.4. The minimum Gasteiger partial charge on any atom is -0.317 e. The summed E-state index contributed by atoms with van der Waals surface area (Å²) in [7, 11) is 2.09. The van der Waals surface area contributed by atoms with E-state index < -0.39 is 0 Å². The molecule has 1 N–H and O–H groups in total. The Balaban J connectivity index is 1.90. The summed E-state index contributed by atoms with van der Waals surface area (Å²) in [4.78, 5) is 2.73. The van der Waals surface area contributed by atoms with Gasteiger partial charge in [0.1, 0.15) is 0 Å². The first kappa shape index (κ1) is 10.4. The molecule has 1 saturated carbocycles. The predicted molar refractivity (Wildman–Crippen MR) is 60.4 cm³/mol. The first-order valence-corrected chi connectivity index (χ1v) is 5.97. The third kappa shape index (κ3) is 1.82. The summed E-state index contributed by atoms with van der Waals surface area (Å²) in [6, 6.07) is 2.39. The van der Waals surface area contributed by atoms with Crippen molar-refractivity contribution in [3.63, 3.8) is 0 Å². The molecule has 1 heterocycles. The van der Waals surface area contributed by atoms with Gasteiger partial charge >= 0.3 is 0 Å². The van der Waals surface area contributed by atoms with Crippen LogP contribution in [0.3, 0.4) is 0 Å². The fraction of sp³-hybridized carbons (Fsp3) is 1.00. The quantitative estimate of drug-likeness (QED) is 0.725. The van der Waals surface area contributed by atoms with Gasteiger partial charge in [0.15, 0.2) is 0 Å². The Morgan fingerprint density at radius 2 is 2.00 bits per heavy atom. The monoisotopic (exact) mass is 196 g/mol. The highest BCUT2D eigenvalue weighted by molar-refractivity contribution is 5.05. The largest absolute Gasteiger partial charge is 0.317 e. The smallest absolute Gasteiger partial charge is 0.0155 e. The van der Waals surface area contributed by atoms with Gasteiger partial charge in [-0.3, -0.25) is 4.90 Å². The summed E-state index contributed by atoms with van der Waals surface area (Å²) >= 11 is 0. The molecule has 1 saturated heterocycles. The minimum atomic E-state index is 0.598. The van der Waals surface area contributed by atoms with E-state index in [4.69, 9.17) is 0 Å².